The Bertz CT molecular complexity index is 575. The van der Waals surface area contributed by atoms with E-state index in [-0.39, 0.29) is 0 Å². The van der Waals surface area contributed by atoms with E-state index in [2.05, 4.69) is 15.3 Å². The fourth-order valence-corrected chi connectivity index (χ4v) is 1.81. The van der Waals surface area contributed by atoms with Gasteiger partial charge < -0.3 is 19.7 Å². The number of ether oxygens (including phenoxy) is 2. The van der Waals surface area contributed by atoms with Gasteiger partial charge in [-0.1, -0.05) is 6.07 Å². The molecule has 0 bridgehead atoms. The lowest BCUT2D eigenvalue weighted by Crippen LogP contribution is -2.18. The average Bonchev–Trinajstić information content (AvgIpc) is 2.52. The van der Waals surface area contributed by atoms with E-state index in [1.54, 1.807) is 19.5 Å². The summed E-state index contributed by atoms with van der Waals surface area (Å²) < 4.78 is 10.8. The molecule has 0 radical (unpaired) electrons. The van der Waals surface area contributed by atoms with Gasteiger partial charge in [-0.2, -0.15) is 0 Å². The molecule has 0 unspecified atom stereocenters. The van der Waals surface area contributed by atoms with E-state index in [4.69, 9.17) is 9.47 Å². The Morgan fingerprint density at radius 3 is 2.67 bits per heavy atom. The van der Waals surface area contributed by atoms with Crippen LogP contribution >= 0.6 is 0 Å². The third kappa shape index (κ3) is 4.24. The Hall–Kier alpha value is -2.50. The predicted octanol–water partition coefficient (Wildman–Crippen LogP) is 2.04. The first-order valence-corrected chi connectivity index (χ1v) is 6.70. The van der Waals surface area contributed by atoms with Crippen molar-refractivity contribution in [2.75, 3.05) is 44.6 Å². The summed E-state index contributed by atoms with van der Waals surface area (Å²) in [7, 11) is 5.50. The van der Waals surface area contributed by atoms with Crippen LogP contribution in [0.5, 0.6) is 11.5 Å². The van der Waals surface area contributed by atoms with Gasteiger partial charge in [-0.25, -0.2) is 9.97 Å². The standard InChI is InChI=1S/C15H20N4O2/c1-19(2)15-14(16-7-8-18-15)17-9-10-21-13-6-4-5-12(11-13)20-3/h4-8,11H,9-10H2,1-3H3,(H,16,17). The minimum Gasteiger partial charge on any atom is -0.497 e. The fraction of sp³-hybridized carbons (Fsp3) is 0.333. The normalized spacial score (nSPS) is 10.0. The molecule has 0 atom stereocenters. The van der Waals surface area contributed by atoms with Crippen molar-refractivity contribution in [3.8, 4) is 11.5 Å². The molecule has 0 fully saturated rings. The highest BCUT2D eigenvalue weighted by atomic mass is 16.5. The maximum absolute atomic E-state index is 5.67. The summed E-state index contributed by atoms with van der Waals surface area (Å²) in [6.45, 7) is 1.16. The van der Waals surface area contributed by atoms with Crippen molar-refractivity contribution < 1.29 is 9.47 Å². The zero-order chi connectivity index (χ0) is 15.1. The summed E-state index contributed by atoms with van der Waals surface area (Å²) in [5.74, 6) is 3.11. The lowest BCUT2D eigenvalue weighted by Gasteiger charge is -2.15. The third-order valence-corrected chi connectivity index (χ3v) is 2.81. The second kappa shape index (κ2) is 7.33. The quantitative estimate of drug-likeness (QED) is 0.787. The molecule has 0 aliphatic rings. The van der Waals surface area contributed by atoms with Crippen LogP contribution in [-0.4, -0.2) is 44.3 Å². The molecule has 2 rings (SSSR count). The van der Waals surface area contributed by atoms with Crippen molar-refractivity contribution >= 4 is 11.6 Å². The number of benzene rings is 1. The van der Waals surface area contributed by atoms with Crippen molar-refractivity contribution in [1.29, 1.82) is 0 Å². The lowest BCUT2D eigenvalue weighted by atomic mass is 10.3. The Morgan fingerprint density at radius 1 is 1.14 bits per heavy atom. The molecule has 1 aromatic heterocycles. The smallest absolute Gasteiger partial charge is 0.171 e. The van der Waals surface area contributed by atoms with E-state index >= 15 is 0 Å². The van der Waals surface area contributed by atoms with Gasteiger partial charge in [-0.05, 0) is 12.1 Å². The lowest BCUT2D eigenvalue weighted by molar-refractivity contribution is 0.329. The Balaban J connectivity index is 1.85. The van der Waals surface area contributed by atoms with Gasteiger partial charge in [-0.15, -0.1) is 0 Å². The van der Waals surface area contributed by atoms with Crippen LogP contribution in [0.4, 0.5) is 11.6 Å². The van der Waals surface area contributed by atoms with Gasteiger partial charge in [0.15, 0.2) is 11.6 Å². The summed E-state index contributed by atoms with van der Waals surface area (Å²) in [6.07, 6.45) is 3.34. The second-order valence-corrected chi connectivity index (χ2v) is 4.58. The zero-order valence-electron chi connectivity index (χ0n) is 12.5. The maximum Gasteiger partial charge on any atom is 0.171 e. The van der Waals surface area contributed by atoms with Crippen LogP contribution < -0.4 is 19.7 Å². The van der Waals surface area contributed by atoms with Crippen molar-refractivity contribution in [2.24, 2.45) is 0 Å². The summed E-state index contributed by atoms with van der Waals surface area (Å²) >= 11 is 0. The predicted molar refractivity (Wildman–Crippen MR) is 83.3 cm³/mol. The summed E-state index contributed by atoms with van der Waals surface area (Å²) in [6, 6.07) is 7.53. The summed E-state index contributed by atoms with van der Waals surface area (Å²) in [5, 5.41) is 3.22. The second-order valence-electron chi connectivity index (χ2n) is 4.58. The van der Waals surface area contributed by atoms with Gasteiger partial charge in [0.1, 0.15) is 18.1 Å². The van der Waals surface area contributed by atoms with E-state index in [1.165, 1.54) is 0 Å². The van der Waals surface area contributed by atoms with Crippen LogP contribution in [0, 0.1) is 0 Å². The number of anilines is 2. The molecule has 0 saturated carbocycles. The topological polar surface area (TPSA) is 59.5 Å². The van der Waals surface area contributed by atoms with Crippen LogP contribution in [0.25, 0.3) is 0 Å². The Morgan fingerprint density at radius 2 is 1.90 bits per heavy atom. The van der Waals surface area contributed by atoms with Gasteiger partial charge in [0.25, 0.3) is 0 Å². The number of nitrogens with one attached hydrogen (secondary N) is 1. The van der Waals surface area contributed by atoms with Gasteiger partial charge in [0.2, 0.25) is 0 Å². The molecular formula is C15H20N4O2. The van der Waals surface area contributed by atoms with Crippen LogP contribution in [0.1, 0.15) is 0 Å². The van der Waals surface area contributed by atoms with E-state index in [0.717, 1.165) is 23.1 Å². The Labute approximate surface area is 124 Å². The molecule has 0 saturated heterocycles. The van der Waals surface area contributed by atoms with Crippen molar-refractivity contribution in [1.82, 2.24) is 9.97 Å². The molecule has 6 heteroatoms. The SMILES string of the molecule is COc1cccc(OCCNc2nccnc2N(C)C)c1. The average molecular weight is 288 g/mol. The molecule has 1 aromatic carbocycles. The van der Waals surface area contributed by atoms with Crippen LogP contribution in [-0.2, 0) is 0 Å². The first kappa shape index (κ1) is 14.9. The van der Waals surface area contributed by atoms with Crippen molar-refractivity contribution in [3.63, 3.8) is 0 Å². The van der Waals surface area contributed by atoms with Gasteiger partial charge >= 0.3 is 0 Å². The fourth-order valence-electron chi connectivity index (χ4n) is 1.81. The highest BCUT2D eigenvalue weighted by Gasteiger charge is 2.06. The van der Waals surface area contributed by atoms with Crippen LogP contribution in [0.15, 0.2) is 36.7 Å². The summed E-state index contributed by atoms with van der Waals surface area (Å²) in [5.41, 5.74) is 0. The van der Waals surface area contributed by atoms with E-state index in [1.807, 2.05) is 43.3 Å². The highest BCUT2D eigenvalue weighted by molar-refractivity contribution is 5.59. The Kier molecular flexibility index (Phi) is 5.20. The number of aromatic nitrogens is 2. The minimum atomic E-state index is 0.524. The number of rotatable bonds is 7. The number of nitrogens with zero attached hydrogens (tertiary/aromatic N) is 3. The van der Waals surface area contributed by atoms with E-state index in [0.29, 0.717) is 13.2 Å². The molecule has 6 nitrogen and oxygen atoms in total. The first-order valence-electron chi connectivity index (χ1n) is 6.70. The first-order chi connectivity index (χ1) is 10.2. The monoisotopic (exact) mass is 288 g/mol. The maximum atomic E-state index is 5.67. The van der Waals surface area contributed by atoms with Crippen LogP contribution in [0.3, 0.4) is 0 Å². The highest BCUT2D eigenvalue weighted by Crippen LogP contribution is 2.19. The zero-order valence-corrected chi connectivity index (χ0v) is 12.5. The molecule has 0 aliphatic carbocycles. The molecule has 21 heavy (non-hydrogen) atoms. The van der Waals surface area contributed by atoms with E-state index < -0.39 is 0 Å². The van der Waals surface area contributed by atoms with Gasteiger partial charge in [-0.3, -0.25) is 0 Å². The molecule has 112 valence electrons. The molecule has 0 spiro atoms. The van der Waals surface area contributed by atoms with Crippen molar-refractivity contribution in [2.45, 2.75) is 0 Å². The van der Waals surface area contributed by atoms with Crippen molar-refractivity contribution in [3.05, 3.63) is 36.7 Å². The van der Waals surface area contributed by atoms with Gasteiger partial charge in [0.05, 0.1) is 13.7 Å². The molecule has 0 amide bonds. The number of hydrogen-bond donors (Lipinski definition) is 1. The molecular weight excluding hydrogens is 268 g/mol. The van der Waals surface area contributed by atoms with Crippen LogP contribution in [0.2, 0.25) is 0 Å². The number of methoxy groups -OCH3 is 1. The van der Waals surface area contributed by atoms with E-state index in [9.17, 15) is 0 Å². The molecule has 1 N–H and O–H groups in total. The minimum absolute atomic E-state index is 0.524. The largest absolute Gasteiger partial charge is 0.497 e. The number of hydrogen-bond acceptors (Lipinski definition) is 6. The molecule has 1 heterocycles. The van der Waals surface area contributed by atoms with Gasteiger partial charge in [0, 0.05) is 32.6 Å². The molecule has 0 aliphatic heterocycles. The third-order valence-electron chi connectivity index (χ3n) is 2.81. The molecule has 2 aromatic rings. The summed E-state index contributed by atoms with van der Waals surface area (Å²) in [4.78, 5) is 10.5.